The number of likely N-dealkylation sites (tertiary alicyclic amines) is 1. The Balaban J connectivity index is 1.23. The minimum Gasteiger partial charge on any atom is -0.484 e. The van der Waals surface area contributed by atoms with Crippen molar-refractivity contribution in [2.45, 2.75) is 30.4 Å². The van der Waals surface area contributed by atoms with Gasteiger partial charge < -0.3 is 19.7 Å². The van der Waals surface area contributed by atoms with E-state index >= 15 is 0 Å². The summed E-state index contributed by atoms with van der Waals surface area (Å²) in [7, 11) is 0. The van der Waals surface area contributed by atoms with Crippen LogP contribution in [0, 0.1) is 0 Å². The van der Waals surface area contributed by atoms with Crippen LogP contribution in [0.5, 0.6) is 5.75 Å². The summed E-state index contributed by atoms with van der Waals surface area (Å²) < 4.78 is 11.8. The summed E-state index contributed by atoms with van der Waals surface area (Å²) in [6.45, 7) is 1.46. The summed E-state index contributed by atoms with van der Waals surface area (Å²) in [5.41, 5.74) is 2.79. The van der Waals surface area contributed by atoms with Crippen LogP contribution < -0.4 is 10.1 Å². The average molecular weight is 570 g/mol. The number of thioether (sulfide) groups is 1. The van der Waals surface area contributed by atoms with Crippen molar-refractivity contribution in [3.8, 4) is 5.75 Å². The second-order valence-electron chi connectivity index (χ2n) is 10.2. The second kappa shape index (κ2) is 12.1. The number of amides is 2. The highest BCUT2D eigenvalue weighted by Gasteiger charge is 2.55. The van der Waals surface area contributed by atoms with Gasteiger partial charge in [-0.05, 0) is 36.1 Å². The first-order chi connectivity index (χ1) is 20.1. The van der Waals surface area contributed by atoms with E-state index in [0.717, 1.165) is 42.8 Å². The molecule has 2 fully saturated rings. The molecular weight excluding hydrogens is 538 g/mol. The Kier molecular flexibility index (Phi) is 7.95. The molecule has 6 rings (SSSR count). The molecule has 41 heavy (non-hydrogen) atoms. The van der Waals surface area contributed by atoms with E-state index in [2.05, 4.69) is 10.2 Å². The molecule has 0 aliphatic carbocycles. The number of carbonyl (C=O) groups is 3. The van der Waals surface area contributed by atoms with Crippen molar-refractivity contribution >= 4 is 29.5 Å². The van der Waals surface area contributed by atoms with E-state index in [4.69, 9.17) is 9.47 Å². The van der Waals surface area contributed by atoms with Crippen molar-refractivity contribution in [3.63, 3.8) is 0 Å². The number of esters is 1. The smallest absolute Gasteiger partial charge is 0.357 e. The molecule has 3 aliphatic rings. The van der Waals surface area contributed by atoms with Crippen molar-refractivity contribution in [2.75, 3.05) is 25.4 Å². The molecule has 2 saturated heterocycles. The van der Waals surface area contributed by atoms with E-state index in [0.29, 0.717) is 11.5 Å². The lowest BCUT2D eigenvalue weighted by Crippen LogP contribution is -2.71. The van der Waals surface area contributed by atoms with E-state index in [1.54, 1.807) is 23.9 Å². The van der Waals surface area contributed by atoms with Crippen molar-refractivity contribution in [3.05, 3.63) is 114 Å². The molecule has 8 nitrogen and oxygen atoms in total. The Morgan fingerprint density at radius 1 is 0.878 bits per heavy atom. The van der Waals surface area contributed by atoms with Crippen molar-refractivity contribution in [1.29, 1.82) is 0 Å². The van der Waals surface area contributed by atoms with E-state index in [1.807, 2.05) is 78.9 Å². The van der Waals surface area contributed by atoms with Gasteiger partial charge in [-0.2, -0.15) is 0 Å². The third-order valence-electron chi connectivity index (χ3n) is 7.49. The quantitative estimate of drug-likeness (QED) is 0.307. The van der Waals surface area contributed by atoms with Crippen LogP contribution in [-0.4, -0.2) is 64.4 Å². The van der Waals surface area contributed by atoms with Gasteiger partial charge in [0.25, 0.3) is 11.8 Å². The van der Waals surface area contributed by atoms with Gasteiger partial charge in [-0.3, -0.25) is 14.5 Å². The summed E-state index contributed by atoms with van der Waals surface area (Å²) in [5, 5.41) is 2.41. The van der Waals surface area contributed by atoms with Crippen LogP contribution in [0.3, 0.4) is 0 Å². The first-order valence-corrected chi connectivity index (χ1v) is 14.9. The summed E-state index contributed by atoms with van der Waals surface area (Å²) >= 11 is 1.55. The minimum atomic E-state index is -0.742. The zero-order valence-corrected chi connectivity index (χ0v) is 23.3. The number of benzene rings is 3. The molecule has 1 N–H and O–H groups in total. The number of hydrogen-bond donors (Lipinski definition) is 1. The summed E-state index contributed by atoms with van der Waals surface area (Å²) in [4.78, 5) is 43.9. The third kappa shape index (κ3) is 5.67. The highest BCUT2D eigenvalue weighted by atomic mass is 32.2. The van der Waals surface area contributed by atoms with Gasteiger partial charge in [0.05, 0.1) is 5.70 Å². The second-order valence-corrected chi connectivity index (χ2v) is 11.3. The molecule has 0 unspecified atom stereocenters. The maximum absolute atomic E-state index is 14.0. The highest BCUT2D eigenvalue weighted by molar-refractivity contribution is 8.00. The summed E-state index contributed by atoms with van der Waals surface area (Å²) in [5.74, 6) is -0.132. The fraction of sp³-hybridized carbons (Fsp3) is 0.281. The van der Waals surface area contributed by atoms with Gasteiger partial charge in [0.1, 0.15) is 17.2 Å². The van der Waals surface area contributed by atoms with Gasteiger partial charge in [-0.25, -0.2) is 4.79 Å². The summed E-state index contributed by atoms with van der Waals surface area (Å²) in [6.07, 6.45) is 1.43. The number of carbonyl (C=O) groups excluding carboxylic acids is 3. The van der Waals surface area contributed by atoms with Crippen LogP contribution >= 0.6 is 11.8 Å². The SMILES string of the molecule is O=C(COc1ccccc1)N[C@@H]1C(=O)N2C(C(=O)OC(c3ccccc3)c3ccccc3)=C(N3CCCC3)CS[C@@H]12. The molecule has 2 amide bonds. The van der Waals surface area contributed by atoms with Gasteiger partial charge in [0.2, 0.25) is 0 Å². The molecule has 3 aromatic rings. The van der Waals surface area contributed by atoms with Crippen LogP contribution in [0.4, 0.5) is 0 Å². The van der Waals surface area contributed by atoms with Crippen LogP contribution in [0.15, 0.2) is 102 Å². The van der Waals surface area contributed by atoms with Gasteiger partial charge in [0.15, 0.2) is 18.4 Å². The lowest BCUT2D eigenvalue weighted by atomic mass is 10.0. The first-order valence-electron chi connectivity index (χ1n) is 13.8. The molecule has 210 valence electrons. The molecule has 2 atom stereocenters. The lowest BCUT2D eigenvalue weighted by Gasteiger charge is -2.50. The maximum Gasteiger partial charge on any atom is 0.357 e. The van der Waals surface area contributed by atoms with Gasteiger partial charge in [-0.1, -0.05) is 78.9 Å². The van der Waals surface area contributed by atoms with E-state index in [-0.39, 0.29) is 24.1 Å². The number of hydrogen-bond acceptors (Lipinski definition) is 7. The number of rotatable bonds is 9. The Hall–Kier alpha value is -4.24. The normalized spacial score (nSPS) is 20.0. The molecule has 9 heteroatoms. The van der Waals surface area contributed by atoms with Crippen LogP contribution in [0.2, 0.25) is 0 Å². The number of nitrogens with one attached hydrogen (secondary N) is 1. The number of β-lactam (4-membered cyclic amide) rings is 1. The molecule has 3 aromatic carbocycles. The van der Waals surface area contributed by atoms with Crippen LogP contribution in [-0.2, 0) is 19.1 Å². The first kappa shape index (κ1) is 27.0. The number of para-hydroxylation sites is 1. The lowest BCUT2D eigenvalue weighted by molar-refractivity contribution is -0.155. The number of fused-ring (bicyclic) bond motifs is 1. The van der Waals surface area contributed by atoms with Gasteiger partial charge in [0, 0.05) is 18.8 Å². The zero-order chi connectivity index (χ0) is 28.2. The molecule has 0 bridgehead atoms. The average Bonchev–Trinajstić information content (AvgIpc) is 3.57. The van der Waals surface area contributed by atoms with E-state index in [1.165, 1.54) is 4.90 Å². The molecule has 3 aliphatic heterocycles. The molecule has 0 saturated carbocycles. The highest BCUT2D eigenvalue weighted by Crippen LogP contribution is 2.43. The van der Waals surface area contributed by atoms with E-state index < -0.39 is 23.5 Å². The largest absolute Gasteiger partial charge is 0.484 e. The molecule has 0 radical (unpaired) electrons. The van der Waals surface area contributed by atoms with Crippen molar-refractivity contribution in [2.24, 2.45) is 0 Å². The fourth-order valence-corrected chi connectivity index (χ4v) is 6.83. The third-order valence-corrected chi connectivity index (χ3v) is 8.75. The molecular formula is C32H31N3O5S. The van der Waals surface area contributed by atoms with Crippen LogP contribution in [0.1, 0.15) is 30.1 Å². The van der Waals surface area contributed by atoms with Crippen LogP contribution in [0.25, 0.3) is 0 Å². The van der Waals surface area contributed by atoms with Gasteiger partial charge in [-0.15, -0.1) is 11.8 Å². The minimum absolute atomic E-state index is 0.204. The zero-order valence-electron chi connectivity index (χ0n) is 22.5. The predicted octanol–water partition coefficient (Wildman–Crippen LogP) is 4.11. The Labute approximate surface area is 243 Å². The topological polar surface area (TPSA) is 88.2 Å². The summed E-state index contributed by atoms with van der Waals surface area (Å²) in [6, 6.07) is 27.5. The van der Waals surface area contributed by atoms with Crippen molar-refractivity contribution in [1.82, 2.24) is 15.1 Å². The number of ether oxygens (including phenoxy) is 2. The van der Waals surface area contributed by atoms with E-state index in [9.17, 15) is 14.4 Å². The molecule has 0 spiro atoms. The monoisotopic (exact) mass is 569 g/mol. The standard InChI is InChI=1S/C32H31N3O5S/c36-26(20-39-24-16-8-3-9-17-24)33-27-30(37)35-28(25(21-41-31(27)35)34-18-10-11-19-34)32(38)40-29(22-12-4-1-5-13-22)23-14-6-2-7-15-23/h1-9,12-17,27,29,31H,10-11,18-21H2,(H,33,36)/t27-,31+/m1/s1. The predicted molar refractivity (Wildman–Crippen MR) is 156 cm³/mol. The Morgan fingerprint density at radius 2 is 1.46 bits per heavy atom. The van der Waals surface area contributed by atoms with Crippen molar-refractivity contribution < 1.29 is 23.9 Å². The van der Waals surface area contributed by atoms with Gasteiger partial charge >= 0.3 is 5.97 Å². The maximum atomic E-state index is 14.0. The Morgan fingerprint density at radius 3 is 2.07 bits per heavy atom. The Bertz CT molecular complexity index is 1390. The molecule has 3 heterocycles. The number of nitrogens with zero attached hydrogens (tertiary/aromatic N) is 2. The molecule has 0 aromatic heterocycles. The fourth-order valence-electron chi connectivity index (χ4n) is 5.45.